The summed E-state index contributed by atoms with van der Waals surface area (Å²) in [4.78, 5) is 22.2. The molecule has 1 amide bonds. The highest BCUT2D eigenvalue weighted by atomic mass is 127. The van der Waals surface area contributed by atoms with E-state index in [0.717, 1.165) is 21.8 Å². The van der Waals surface area contributed by atoms with Crippen molar-refractivity contribution in [2.24, 2.45) is 0 Å². The summed E-state index contributed by atoms with van der Waals surface area (Å²) in [5, 5.41) is 13.6. The Morgan fingerprint density at radius 3 is 2.62 bits per heavy atom. The number of amides is 1. The van der Waals surface area contributed by atoms with Crippen LogP contribution in [0.1, 0.15) is 10.4 Å². The van der Waals surface area contributed by atoms with Gasteiger partial charge in [-0.3, -0.25) is 14.9 Å². The van der Waals surface area contributed by atoms with Gasteiger partial charge in [-0.15, -0.1) is 0 Å². The first-order valence-corrected chi connectivity index (χ1v) is 7.04. The van der Waals surface area contributed by atoms with Gasteiger partial charge in [-0.05, 0) is 46.9 Å². The summed E-state index contributed by atoms with van der Waals surface area (Å²) < 4.78 is 14.0. The van der Waals surface area contributed by atoms with Crippen LogP contribution in [-0.4, -0.2) is 10.8 Å². The van der Waals surface area contributed by atoms with Crippen LogP contribution in [0.25, 0.3) is 0 Å². The summed E-state index contributed by atoms with van der Waals surface area (Å²) in [7, 11) is 0. The van der Waals surface area contributed by atoms with Crippen molar-refractivity contribution in [1.29, 1.82) is 0 Å². The molecular weight excluding hydrogens is 414 g/mol. The zero-order chi connectivity index (χ0) is 15.6. The molecular formula is C13H7ClFIN2O3. The van der Waals surface area contributed by atoms with E-state index in [-0.39, 0.29) is 16.9 Å². The van der Waals surface area contributed by atoms with Gasteiger partial charge in [-0.1, -0.05) is 11.6 Å². The van der Waals surface area contributed by atoms with E-state index in [1.807, 2.05) is 22.6 Å². The van der Waals surface area contributed by atoms with Crippen LogP contribution in [0.15, 0.2) is 36.4 Å². The number of nitro benzene ring substituents is 1. The number of rotatable bonds is 3. The molecule has 0 heterocycles. The molecule has 8 heteroatoms. The molecule has 5 nitrogen and oxygen atoms in total. The summed E-state index contributed by atoms with van der Waals surface area (Å²) in [5.74, 6) is -1.29. The molecule has 0 aromatic heterocycles. The van der Waals surface area contributed by atoms with Gasteiger partial charge >= 0.3 is 0 Å². The minimum atomic E-state index is -0.698. The van der Waals surface area contributed by atoms with Gasteiger partial charge in [0.2, 0.25) is 0 Å². The molecule has 0 aliphatic rings. The van der Waals surface area contributed by atoms with E-state index in [1.165, 1.54) is 12.1 Å². The highest BCUT2D eigenvalue weighted by Gasteiger charge is 2.17. The van der Waals surface area contributed by atoms with Crippen molar-refractivity contribution in [1.82, 2.24) is 0 Å². The SMILES string of the molecule is O=C(Nc1cc(F)ccc1[N+](=O)[O-])c1ccc(I)c(Cl)c1. The molecule has 0 fully saturated rings. The Kier molecular flexibility index (Phi) is 4.73. The van der Waals surface area contributed by atoms with E-state index in [4.69, 9.17) is 11.6 Å². The second-order valence-electron chi connectivity index (χ2n) is 4.00. The largest absolute Gasteiger partial charge is 0.316 e. The molecule has 0 saturated heterocycles. The summed E-state index contributed by atoms with van der Waals surface area (Å²) >= 11 is 7.92. The quantitative estimate of drug-likeness (QED) is 0.458. The topological polar surface area (TPSA) is 72.2 Å². The van der Waals surface area contributed by atoms with Crippen LogP contribution >= 0.6 is 34.2 Å². The second kappa shape index (κ2) is 6.35. The maximum Gasteiger partial charge on any atom is 0.292 e. The van der Waals surface area contributed by atoms with Crippen LogP contribution < -0.4 is 5.32 Å². The molecule has 1 N–H and O–H groups in total. The van der Waals surface area contributed by atoms with Crippen molar-refractivity contribution in [2.45, 2.75) is 0 Å². The third-order valence-electron chi connectivity index (χ3n) is 2.59. The van der Waals surface area contributed by atoms with E-state index in [9.17, 15) is 19.3 Å². The Morgan fingerprint density at radius 1 is 1.29 bits per heavy atom. The Bertz CT molecular complexity index is 739. The average molecular weight is 421 g/mol. The van der Waals surface area contributed by atoms with Crippen LogP contribution in [-0.2, 0) is 0 Å². The predicted octanol–water partition coefficient (Wildman–Crippen LogP) is 4.24. The lowest BCUT2D eigenvalue weighted by molar-refractivity contribution is -0.384. The van der Waals surface area contributed by atoms with E-state index < -0.39 is 16.6 Å². The molecule has 0 aliphatic carbocycles. The van der Waals surface area contributed by atoms with Crippen molar-refractivity contribution in [3.05, 3.63) is 66.5 Å². The molecule has 0 radical (unpaired) electrons. The number of nitrogens with one attached hydrogen (secondary N) is 1. The summed E-state index contributed by atoms with van der Waals surface area (Å²) in [5.41, 5.74) is -0.375. The monoisotopic (exact) mass is 420 g/mol. The minimum absolute atomic E-state index is 0.209. The van der Waals surface area contributed by atoms with Crippen molar-refractivity contribution in [3.63, 3.8) is 0 Å². The van der Waals surface area contributed by atoms with Gasteiger partial charge < -0.3 is 5.32 Å². The molecule has 0 aliphatic heterocycles. The van der Waals surface area contributed by atoms with Crippen LogP contribution in [0.5, 0.6) is 0 Å². The molecule has 21 heavy (non-hydrogen) atoms. The van der Waals surface area contributed by atoms with E-state index >= 15 is 0 Å². The Balaban J connectivity index is 2.33. The van der Waals surface area contributed by atoms with Gasteiger partial charge in [-0.25, -0.2) is 4.39 Å². The van der Waals surface area contributed by atoms with Gasteiger partial charge in [0.15, 0.2) is 0 Å². The number of anilines is 1. The van der Waals surface area contributed by atoms with E-state index in [0.29, 0.717) is 5.02 Å². The highest BCUT2D eigenvalue weighted by Crippen LogP contribution is 2.26. The van der Waals surface area contributed by atoms with Crippen LogP contribution in [0.3, 0.4) is 0 Å². The van der Waals surface area contributed by atoms with Gasteiger partial charge in [-0.2, -0.15) is 0 Å². The molecule has 2 aromatic rings. The average Bonchev–Trinajstić information content (AvgIpc) is 2.41. The Labute approximate surface area is 137 Å². The Morgan fingerprint density at radius 2 is 2.00 bits per heavy atom. The number of hydrogen-bond donors (Lipinski definition) is 1. The Hall–Kier alpha value is -1.74. The van der Waals surface area contributed by atoms with Crippen molar-refractivity contribution < 1.29 is 14.1 Å². The standard InChI is InChI=1S/C13H7ClFIN2O3/c14-9-5-7(1-3-10(9)16)13(19)17-11-6-8(15)2-4-12(11)18(20)21/h1-6H,(H,17,19). The zero-order valence-electron chi connectivity index (χ0n) is 10.3. The molecule has 108 valence electrons. The molecule has 0 spiro atoms. The fraction of sp³-hybridized carbons (Fsp3) is 0. The molecule has 0 atom stereocenters. The third kappa shape index (κ3) is 3.67. The fourth-order valence-electron chi connectivity index (χ4n) is 1.60. The molecule has 0 bridgehead atoms. The number of halogens is 3. The number of nitrogens with zero attached hydrogens (tertiary/aromatic N) is 1. The van der Waals surface area contributed by atoms with Crippen molar-refractivity contribution >= 4 is 51.5 Å². The normalized spacial score (nSPS) is 10.2. The first-order chi connectivity index (χ1) is 9.88. The maximum absolute atomic E-state index is 13.2. The lowest BCUT2D eigenvalue weighted by Crippen LogP contribution is -2.13. The van der Waals surface area contributed by atoms with Gasteiger partial charge in [0.1, 0.15) is 11.5 Å². The lowest BCUT2D eigenvalue weighted by atomic mass is 10.2. The second-order valence-corrected chi connectivity index (χ2v) is 5.57. The first kappa shape index (κ1) is 15.6. The first-order valence-electron chi connectivity index (χ1n) is 5.59. The predicted molar refractivity (Wildman–Crippen MR) is 85.2 cm³/mol. The lowest BCUT2D eigenvalue weighted by Gasteiger charge is -2.07. The maximum atomic E-state index is 13.2. The fourth-order valence-corrected chi connectivity index (χ4v) is 2.12. The van der Waals surface area contributed by atoms with E-state index in [2.05, 4.69) is 5.32 Å². The zero-order valence-corrected chi connectivity index (χ0v) is 13.2. The highest BCUT2D eigenvalue weighted by molar-refractivity contribution is 14.1. The van der Waals surface area contributed by atoms with Gasteiger partial charge in [0.05, 0.1) is 9.95 Å². The van der Waals surface area contributed by atoms with Gasteiger partial charge in [0, 0.05) is 21.3 Å². The number of nitro groups is 1. The van der Waals surface area contributed by atoms with Crippen LogP contribution in [0.4, 0.5) is 15.8 Å². The summed E-state index contributed by atoms with van der Waals surface area (Å²) in [6.45, 7) is 0. The summed E-state index contributed by atoms with van der Waals surface area (Å²) in [6.07, 6.45) is 0. The number of benzene rings is 2. The van der Waals surface area contributed by atoms with Crippen molar-refractivity contribution in [2.75, 3.05) is 5.32 Å². The van der Waals surface area contributed by atoms with Gasteiger partial charge in [0.25, 0.3) is 11.6 Å². The molecule has 2 aromatic carbocycles. The molecule has 0 unspecified atom stereocenters. The number of carbonyl (C=O) groups excluding carboxylic acids is 1. The number of carbonyl (C=O) groups is 1. The minimum Gasteiger partial charge on any atom is -0.316 e. The molecule has 0 saturated carbocycles. The van der Waals surface area contributed by atoms with Crippen LogP contribution in [0.2, 0.25) is 5.02 Å². The third-order valence-corrected chi connectivity index (χ3v) is 4.16. The van der Waals surface area contributed by atoms with Crippen molar-refractivity contribution in [3.8, 4) is 0 Å². The van der Waals surface area contributed by atoms with E-state index in [1.54, 1.807) is 6.07 Å². The number of hydrogen-bond acceptors (Lipinski definition) is 3. The van der Waals surface area contributed by atoms with Crippen LogP contribution in [0, 0.1) is 19.5 Å². The smallest absolute Gasteiger partial charge is 0.292 e. The molecule has 2 rings (SSSR count). The summed E-state index contributed by atoms with van der Waals surface area (Å²) in [6, 6.07) is 7.43.